The lowest BCUT2D eigenvalue weighted by Gasteiger charge is -2.15. The summed E-state index contributed by atoms with van der Waals surface area (Å²) in [5.41, 5.74) is 1.81. The molecular weight excluding hydrogens is 328 g/mol. The van der Waals surface area contributed by atoms with Gasteiger partial charge in [-0.15, -0.1) is 0 Å². The van der Waals surface area contributed by atoms with E-state index in [1.54, 1.807) is 32.2 Å². The molecule has 0 fully saturated rings. The minimum atomic E-state index is -2.89. The van der Waals surface area contributed by atoms with Crippen LogP contribution in [0.3, 0.4) is 0 Å². The molecule has 0 spiro atoms. The molecule has 2 aromatic rings. The Kier molecular flexibility index (Phi) is 7.47. The highest BCUT2D eigenvalue weighted by molar-refractivity contribution is 5.46. The highest BCUT2D eigenvalue weighted by Crippen LogP contribution is 2.32. The summed E-state index contributed by atoms with van der Waals surface area (Å²) in [5.74, 6) is 1.24. The van der Waals surface area contributed by atoms with Crippen LogP contribution < -0.4 is 19.5 Å². The van der Waals surface area contributed by atoms with Gasteiger partial charge >= 0.3 is 6.61 Å². The van der Waals surface area contributed by atoms with Gasteiger partial charge in [-0.2, -0.15) is 8.78 Å². The van der Waals surface area contributed by atoms with E-state index in [1.807, 2.05) is 24.3 Å². The van der Waals surface area contributed by atoms with E-state index in [4.69, 9.17) is 9.47 Å². The summed E-state index contributed by atoms with van der Waals surface area (Å²) in [5, 5.41) is 3.25. The van der Waals surface area contributed by atoms with E-state index in [-0.39, 0.29) is 5.75 Å². The van der Waals surface area contributed by atoms with E-state index in [2.05, 4.69) is 10.1 Å². The van der Waals surface area contributed by atoms with Crippen LogP contribution in [0.5, 0.6) is 17.2 Å². The van der Waals surface area contributed by atoms with Gasteiger partial charge in [0, 0.05) is 12.1 Å². The van der Waals surface area contributed by atoms with Crippen molar-refractivity contribution in [3.8, 4) is 17.2 Å². The molecule has 0 aliphatic carbocycles. The topological polar surface area (TPSA) is 39.7 Å². The Hall–Kier alpha value is -2.34. The number of benzene rings is 2. The van der Waals surface area contributed by atoms with Crippen LogP contribution in [0, 0.1) is 0 Å². The summed E-state index contributed by atoms with van der Waals surface area (Å²) in [7, 11) is 1.63. The van der Waals surface area contributed by atoms with E-state index in [9.17, 15) is 8.78 Å². The molecule has 0 aromatic heterocycles. The Morgan fingerprint density at radius 1 is 1.08 bits per heavy atom. The number of halogens is 2. The number of methoxy groups -OCH3 is 1. The van der Waals surface area contributed by atoms with Gasteiger partial charge in [0.15, 0.2) is 11.5 Å². The maximum absolute atomic E-state index is 12.7. The average molecular weight is 351 g/mol. The van der Waals surface area contributed by atoms with Crippen molar-refractivity contribution in [3.63, 3.8) is 0 Å². The summed E-state index contributed by atoms with van der Waals surface area (Å²) < 4.78 is 40.5. The highest BCUT2D eigenvalue weighted by Gasteiger charge is 2.15. The Labute approximate surface area is 146 Å². The van der Waals surface area contributed by atoms with E-state index in [0.29, 0.717) is 31.0 Å². The molecule has 25 heavy (non-hydrogen) atoms. The van der Waals surface area contributed by atoms with Crippen LogP contribution in [-0.2, 0) is 13.0 Å². The number of hydrogen-bond acceptors (Lipinski definition) is 4. The second kappa shape index (κ2) is 9.84. The molecule has 2 aromatic carbocycles. The lowest BCUT2D eigenvalue weighted by Crippen LogP contribution is -2.18. The average Bonchev–Trinajstić information content (AvgIpc) is 2.61. The van der Waals surface area contributed by atoms with Gasteiger partial charge in [-0.1, -0.05) is 24.3 Å². The van der Waals surface area contributed by atoms with Crippen molar-refractivity contribution in [1.82, 2.24) is 5.32 Å². The van der Waals surface area contributed by atoms with E-state index < -0.39 is 6.61 Å². The van der Waals surface area contributed by atoms with Crippen molar-refractivity contribution in [2.24, 2.45) is 0 Å². The van der Waals surface area contributed by atoms with Crippen LogP contribution in [0.1, 0.15) is 18.1 Å². The summed E-state index contributed by atoms with van der Waals surface area (Å²) >= 11 is 0. The first-order chi connectivity index (χ1) is 12.1. The maximum Gasteiger partial charge on any atom is 0.387 e. The molecule has 0 aliphatic heterocycles. The summed E-state index contributed by atoms with van der Waals surface area (Å²) in [4.78, 5) is 0. The van der Waals surface area contributed by atoms with E-state index in [1.165, 1.54) is 5.56 Å². The molecule has 0 amide bonds. The second-order valence-electron chi connectivity index (χ2n) is 5.33. The Bertz CT molecular complexity index is 648. The molecule has 1 N–H and O–H groups in total. The van der Waals surface area contributed by atoms with Crippen molar-refractivity contribution >= 4 is 0 Å². The Morgan fingerprint density at radius 2 is 1.84 bits per heavy atom. The van der Waals surface area contributed by atoms with Gasteiger partial charge in [0.05, 0.1) is 13.7 Å². The Balaban J connectivity index is 1.93. The van der Waals surface area contributed by atoms with Crippen molar-refractivity contribution < 1.29 is 23.0 Å². The zero-order chi connectivity index (χ0) is 18.1. The number of rotatable bonds is 10. The lowest BCUT2D eigenvalue weighted by molar-refractivity contribution is -0.0521. The normalized spacial score (nSPS) is 10.8. The van der Waals surface area contributed by atoms with Crippen molar-refractivity contribution in [1.29, 1.82) is 0 Å². The smallest absolute Gasteiger partial charge is 0.387 e. The monoisotopic (exact) mass is 351 g/mol. The standard InChI is InChI=1S/C19H23F2NO3/c1-3-24-17-6-4-5-15(18(17)25-19(20)21)13-22-12-11-14-7-9-16(23-2)10-8-14/h4-10,19,22H,3,11-13H2,1-2H3. The molecule has 0 bridgehead atoms. The van der Waals surface area contributed by atoms with Gasteiger partial charge in [0.1, 0.15) is 5.75 Å². The quantitative estimate of drug-likeness (QED) is 0.656. The molecular formula is C19H23F2NO3. The van der Waals surface area contributed by atoms with E-state index in [0.717, 1.165) is 12.2 Å². The zero-order valence-electron chi connectivity index (χ0n) is 14.4. The molecule has 0 radical (unpaired) electrons. The van der Waals surface area contributed by atoms with Gasteiger partial charge in [0.25, 0.3) is 0 Å². The first-order valence-electron chi connectivity index (χ1n) is 8.17. The SMILES string of the molecule is CCOc1cccc(CNCCc2ccc(OC)cc2)c1OC(F)F. The lowest BCUT2D eigenvalue weighted by atomic mass is 10.1. The molecule has 0 aliphatic rings. The van der Waals surface area contributed by atoms with Crippen molar-refractivity contribution in [3.05, 3.63) is 53.6 Å². The van der Waals surface area contributed by atoms with Crippen LogP contribution in [-0.4, -0.2) is 26.9 Å². The minimum Gasteiger partial charge on any atom is -0.497 e. The van der Waals surface area contributed by atoms with E-state index >= 15 is 0 Å². The fourth-order valence-corrected chi connectivity index (χ4v) is 2.44. The van der Waals surface area contributed by atoms with Crippen LogP contribution >= 0.6 is 0 Å². The second-order valence-corrected chi connectivity index (χ2v) is 5.33. The molecule has 136 valence electrons. The van der Waals surface area contributed by atoms with Gasteiger partial charge in [-0.3, -0.25) is 0 Å². The van der Waals surface area contributed by atoms with Crippen LogP contribution in [0.4, 0.5) is 8.78 Å². The summed E-state index contributed by atoms with van der Waals surface area (Å²) in [6.07, 6.45) is 0.820. The number of nitrogens with one attached hydrogen (secondary N) is 1. The molecule has 0 atom stereocenters. The van der Waals surface area contributed by atoms with Gasteiger partial charge < -0.3 is 19.5 Å². The van der Waals surface area contributed by atoms with Crippen LogP contribution in [0.25, 0.3) is 0 Å². The summed E-state index contributed by atoms with van der Waals surface area (Å²) in [6.45, 7) is 0.415. The van der Waals surface area contributed by atoms with Crippen molar-refractivity contribution in [2.75, 3.05) is 20.3 Å². The third-order valence-electron chi connectivity index (χ3n) is 3.63. The molecule has 0 saturated heterocycles. The number of alkyl halides is 2. The maximum atomic E-state index is 12.7. The fourth-order valence-electron chi connectivity index (χ4n) is 2.44. The first-order valence-corrected chi connectivity index (χ1v) is 8.17. The predicted molar refractivity (Wildman–Crippen MR) is 92.6 cm³/mol. The molecule has 0 unspecified atom stereocenters. The van der Waals surface area contributed by atoms with Gasteiger partial charge in [0.2, 0.25) is 0 Å². The molecule has 0 heterocycles. The highest BCUT2D eigenvalue weighted by atomic mass is 19.3. The fraction of sp³-hybridized carbons (Fsp3) is 0.368. The predicted octanol–water partition coefficient (Wildman–Crippen LogP) is 4.03. The van der Waals surface area contributed by atoms with Gasteiger partial charge in [-0.05, 0) is 43.7 Å². The number of ether oxygens (including phenoxy) is 3. The summed E-state index contributed by atoms with van der Waals surface area (Å²) in [6, 6.07) is 13.0. The first kappa shape index (κ1) is 19.0. The van der Waals surface area contributed by atoms with Crippen LogP contribution in [0.2, 0.25) is 0 Å². The molecule has 4 nitrogen and oxygen atoms in total. The molecule has 0 saturated carbocycles. The Morgan fingerprint density at radius 3 is 2.48 bits per heavy atom. The third-order valence-corrected chi connectivity index (χ3v) is 3.63. The number of hydrogen-bond donors (Lipinski definition) is 1. The molecule has 6 heteroatoms. The third kappa shape index (κ3) is 5.90. The largest absolute Gasteiger partial charge is 0.497 e. The zero-order valence-corrected chi connectivity index (χ0v) is 14.4. The van der Waals surface area contributed by atoms with Gasteiger partial charge in [-0.25, -0.2) is 0 Å². The van der Waals surface area contributed by atoms with Crippen LogP contribution in [0.15, 0.2) is 42.5 Å². The minimum absolute atomic E-state index is 0.0938. The molecule has 2 rings (SSSR count). The number of para-hydroxylation sites is 1. The van der Waals surface area contributed by atoms with Crippen molar-refractivity contribution in [2.45, 2.75) is 26.5 Å².